The van der Waals surface area contributed by atoms with Gasteiger partial charge in [-0.25, -0.2) is 4.98 Å². The van der Waals surface area contributed by atoms with Crippen molar-refractivity contribution in [3.05, 3.63) is 28.0 Å². The first-order valence-corrected chi connectivity index (χ1v) is 6.88. The molecule has 0 atom stereocenters. The fraction of sp³-hybridized carbons (Fsp3) is 0.538. The molecule has 1 amide bonds. The van der Waals surface area contributed by atoms with Crippen molar-refractivity contribution in [3.63, 3.8) is 0 Å². The zero-order valence-corrected chi connectivity index (χ0v) is 12.8. The zero-order valence-electron chi connectivity index (χ0n) is 11.3. The maximum Gasteiger partial charge on any atom is 0.255 e. The highest BCUT2D eigenvalue weighted by Gasteiger charge is 2.33. The maximum atomic E-state index is 12.4. The Morgan fingerprint density at radius 2 is 2.05 bits per heavy atom. The lowest BCUT2D eigenvalue weighted by atomic mass is 9.99. The molecule has 1 fully saturated rings. The highest BCUT2D eigenvalue weighted by molar-refractivity contribution is 6.41. The molecule has 4 nitrogen and oxygen atoms in total. The van der Waals surface area contributed by atoms with Gasteiger partial charge >= 0.3 is 0 Å². The SMILES string of the molecule is CN1CCN(C(=O)c2cnc(Cl)c(Cl)c2)CC1(C)C. The van der Waals surface area contributed by atoms with E-state index in [0.717, 1.165) is 6.54 Å². The number of carbonyl (C=O) groups excluding carboxylic acids is 1. The molecule has 1 aliphatic rings. The molecule has 0 saturated carbocycles. The van der Waals surface area contributed by atoms with Crippen LogP contribution in [0.5, 0.6) is 0 Å². The van der Waals surface area contributed by atoms with Crippen molar-refractivity contribution in [2.24, 2.45) is 0 Å². The van der Waals surface area contributed by atoms with Crippen LogP contribution in [-0.2, 0) is 0 Å². The minimum Gasteiger partial charge on any atom is -0.335 e. The first-order chi connectivity index (χ1) is 8.81. The number of halogens is 2. The molecular formula is C13H17Cl2N3O. The number of rotatable bonds is 1. The van der Waals surface area contributed by atoms with Crippen LogP contribution in [0.4, 0.5) is 0 Å². The highest BCUT2D eigenvalue weighted by atomic mass is 35.5. The molecule has 0 unspecified atom stereocenters. The Morgan fingerprint density at radius 3 is 2.63 bits per heavy atom. The molecule has 1 saturated heterocycles. The molecule has 1 aromatic rings. The average molecular weight is 302 g/mol. The number of amides is 1. The topological polar surface area (TPSA) is 36.4 Å². The molecule has 0 spiro atoms. The van der Waals surface area contributed by atoms with Crippen LogP contribution in [0.1, 0.15) is 24.2 Å². The van der Waals surface area contributed by atoms with Gasteiger partial charge in [0.25, 0.3) is 5.91 Å². The van der Waals surface area contributed by atoms with Gasteiger partial charge in [-0.15, -0.1) is 0 Å². The third-order valence-corrected chi connectivity index (χ3v) is 4.33. The zero-order chi connectivity index (χ0) is 14.2. The van der Waals surface area contributed by atoms with Crippen LogP contribution in [0, 0.1) is 0 Å². The van der Waals surface area contributed by atoms with Gasteiger partial charge in [-0.05, 0) is 27.0 Å². The summed E-state index contributed by atoms with van der Waals surface area (Å²) in [7, 11) is 2.07. The minimum atomic E-state index is -0.0489. The molecule has 2 rings (SSSR count). The average Bonchev–Trinajstić information content (AvgIpc) is 2.35. The van der Waals surface area contributed by atoms with Crippen LogP contribution in [0.25, 0.3) is 0 Å². The fourth-order valence-electron chi connectivity index (χ4n) is 2.13. The van der Waals surface area contributed by atoms with E-state index >= 15 is 0 Å². The second-order valence-corrected chi connectivity index (χ2v) is 6.22. The molecule has 0 aliphatic carbocycles. The first-order valence-electron chi connectivity index (χ1n) is 6.13. The summed E-state index contributed by atoms with van der Waals surface area (Å²) >= 11 is 11.7. The highest BCUT2D eigenvalue weighted by Crippen LogP contribution is 2.23. The largest absolute Gasteiger partial charge is 0.335 e. The summed E-state index contributed by atoms with van der Waals surface area (Å²) in [6.45, 7) is 6.49. The summed E-state index contributed by atoms with van der Waals surface area (Å²) in [6.07, 6.45) is 1.47. The van der Waals surface area contributed by atoms with Gasteiger partial charge in [-0.2, -0.15) is 0 Å². The molecule has 0 N–H and O–H groups in total. The minimum absolute atomic E-state index is 0.0302. The molecule has 0 bridgehead atoms. The van der Waals surface area contributed by atoms with Crippen LogP contribution < -0.4 is 0 Å². The number of carbonyl (C=O) groups is 1. The Balaban J connectivity index is 2.18. The Morgan fingerprint density at radius 1 is 1.37 bits per heavy atom. The number of aromatic nitrogens is 1. The molecule has 1 aromatic heterocycles. The molecular weight excluding hydrogens is 285 g/mol. The van der Waals surface area contributed by atoms with Crippen molar-refractivity contribution in [3.8, 4) is 0 Å². The maximum absolute atomic E-state index is 12.4. The molecule has 6 heteroatoms. The van der Waals surface area contributed by atoms with E-state index in [2.05, 4.69) is 30.8 Å². The van der Waals surface area contributed by atoms with Gasteiger partial charge in [0.2, 0.25) is 0 Å². The van der Waals surface area contributed by atoms with Crippen LogP contribution in [0.3, 0.4) is 0 Å². The smallest absolute Gasteiger partial charge is 0.255 e. The molecule has 104 valence electrons. The van der Waals surface area contributed by atoms with Crippen LogP contribution in [0.2, 0.25) is 10.2 Å². The van der Waals surface area contributed by atoms with E-state index in [4.69, 9.17) is 23.2 Å². The molecule has 19 heavy (non-hydrogen) atoms. The fourth-order valence-corrected chi connectivity index (χ4v) is 2.40. The summed E-state index contributed by atoms with van der Waals surface area (Å²) in [5, 5.41) is 0.526. The van der Waals surface area contributed by atoms with Crippen molar-refractivity contribution in [1.29, 1.82) is 0 Å². The second kappa shape index (κ2) is 5.27. The molecule has 2 heterocycles. The van der Waals surface area contributed by atoms with Gasteiger partial charge in [-0.1, -0.05) is 23.2 Å². The van der Waals surface area contributed by atoms with E-state index in [1.807, 2.05) is 4.90 Å². The van der Waals surface area contributed by atoms with Crippen molar-refractivity contribution in [2.75, 3.05) is 26.7 Å². The Kier molecular flexibility index (Phi) is 4.04. The van der Waals surface area contributed by atoms with Crippen LogP contribution in [0.15, 0.2) is 12.3 Å². The Hall–Kier alpha value is -0.840. The third kappa shape index (κ3) is 3.02. The van der Waals surface area contributed by atoms with E-state index in [-0.39, 0.29) is 16.6 Å². The van der Waals surface area contributed by atoms with Crippen LogP contribution >= 0.6 is 23.2 Å². The normalized spacial score (nSPS) is 19.5. The predicted octanol–water partition coefficient (Wildman–Crippen LogP) is 2.55. The Bertz CT molecular complexity index is 505. The van der Waals surface area contributed by atoms with Gasteiger partial charge in [-0.3, -0.25) is 9.69 Å². The predicted molar refractivity (Wildman–Crippen MR) is 76.9 cm³/mol. The van der Waals surface area contributed by atoms with E-state index < -0.39 is 0 Å². The lowest BCUT2D eigenvalue weighted by molar-refractivity contribution is 0.0311. The number of piperazine rings is 1. The lowest BCUT2D eigenvalue weighted by Crippen LogP contribution is -2.58. The van der Waals surface area contributed by atoms with Crippen molar-refractivity contribution < 1.29 is 4.79 Å². The summed E-state index contributed by atoms with van der Waals surface area (Å²) in [5.74, 6) is -0.0489. The third-order valence-electron chi connectivity index (χ3n) is 3.65. The second-order valence-electron chi connectivity index (χ2n) is 5.46. The molecule has 1 aliphatic heterocycles. The quantitative estimate of drug-likeness (QED) is 0.748. The first kappa shape index (κ1) is 14.6. The van der Waals surface area contributed by atoms with E-state index in [1.54, 1.807) is 6.07 Å². The standard InChI is InChI=1S/C13H17Cl2N3O/c1-13(2)8-18(5-4-17(13)3)12(19)9-6-10(14)11(15)16-7-9/h6-7H,4-5,8H2,1-3H3. The Labute approximate surface area is 123 Å². The van der Waals surface area contributed by atoms with Gasteiger partial charge in [0.1, 0.15) is 5.15 Å². The van der Waals surface area contributed by atoms with E-state index in [1.165, 1.54) is 6.20 Å². The monoisotopic (exact) mass is 301 g/mol. The summed E-state index contributed by atoms with van der Waals surface area (Å²) in [6, 6.07) is 1.57. The number of nitrogens with zero attached hydrogens (tertiary/aromatic N) is 3. The summed E-state index contributed by atoms with van der Waals surface area (Å²) in [4.78, 5) is 20.4. The molecule has 0 radical (unpaired) electrons. The summed E-state index contributed by atoms with van der Waals surface area (Å²) in [5.41, 5.74) is 0.451. The van der Waals surface area contributed by atoms with Gasteiger partial charge in [0.15, 0.2) is 0 Å². The lowest BCUT2D eigenvalue weighted by Gasteiger charge is -2.45. The van der Waals surface area contributed by atoms with Crippen molar-refractivity contribution in [2.45, 2.75) is 19.4 Å². The van der Waals surface area contributed by atoms with E-state index in [0.29, 0.717) is 23.7 Å². The van der Waals surface area contributed by atoms with Crippen LogP contribution in [-0.4, -0.2) is 52.9 Å². The van der Waals surface area contributed by atoms with Gasteiger partial charge in [0, 0.05) is 31.4 Å². The number of hydrogen-bond acceptors (Lipinski definition) is 3. The summed E-state index contributed by atoms with van der Waals surface area (Å²) < 4.78 is 0. The van der Waals surface area contributed by atoms with Crippen molar-refractivity contribution >= 4 is 29.1 Å². The number of likely N-dealkylation sites (N-methyl/N-ethyl adjacent to an activating group) is 1. The number of hydrogen-bond donors (Lipinski definition) is 0. The van der Waals surface area contributed by atoms with Gasteiger partial charge < -0.3 is 4.90 Å². The van der Waals surface area contributed by atoms with Crippen molar-refractivity contribution in [1.82, 2.24) is 14.8 Å². The number of pyridine rings is 1. The van der Waals surface area contributed by atoms with Gasteiger partial charge in [0.05, 0.1) is 10.6 Å². The van der Waals surface area contributed by atoms with E-state index in [9.17, 15) is 4.79 Å². The molecule has 0 aromatic carbocycles.